The summed E-state index contributed by atoms with van der Waals surface area (Å²) in [5.41, 5.74) is -0.360. The predicted molar refractivity (Wildman–Crippen MR) is 56.9 cm³/mol. The van der Waals surface area contributed by atoms with Crippen LogP contribution >= 0.6 is 0 Å². The van der Waals surface area contributed by atoms with Gasteiger partial charge in [0.05, 0.1) is 7.11 Å². The second-order valence-electron chi connectivity index (χ2n) is 3.18. The summed E-state index contributed by atoms with van der Waals surface area (Å²) in [5.74, 6) is -1.07. The lowest BCUT2D eigenvalue weighted by atomic mass is 10.1. The van der Waals surface area contributed by atoms with Gasteiger partial charge in [0.15, 0.2) is 11.4 Å². The van der Waals surface area contributed by atoms with Gasteiger partial charge in [-0.15, -0.1) is 0 Å². The van der Waals surface area contributed by atoms with Gasteiger partial charge in [-0.3, -0.25) is 0 Å². The monoisotopic (exact) mass is 219 g/mol. The van der Waals surface area contributed by atoms with E-state index in [0.29, 0.717) is 16.5 Å². The highest BCUT2D eigenvalue weighted by Gasteiger charge is 2.15. The first kappa shape index (κ1) is 10.2. The second kappa shape index (κ2) is 3.69. The number of aromatic nitrogens is 1. The van der Waals surface area contributed by atoms with Gasteiger partial charge in [0.25, 0.3) is 0 Å². The Morgan fingerprint density at radius 3 is 2.75 bits per heavy atom. The molecule has 0 unspecified atom stereocenters. The van der Waals surface area contributed by atoms with E-state index in [4.69, 9.17) is 9.84 Å². The normalized spacial score (nSPS) is 10.3. The Bertz CT molecular complexity index is 565. The number of carboxylic acids is 1. The van der Waals surface area contributed by atoms with Crippen LogP contribution in [-0.2, 0) is 0 Å². The van der Waals surface area contributed by atoms with E-state index in [1.807, 2.05) is 0 Å². The van der Waals surface area contributed by atoms with Crippen molar-refractivity contribution in [3.05, 3.63) is 30.1 Å². The zero-order valence-corrected chi connectivity index (χ0v) is 8.47. The van der Waals surface area contributed by atoms with Crippen molar-refractivity contribution < 1.29 is 19.7 Å². The standard InChI is InChI=1S/C11H9NO4/c1-16-8-4-2-3-6-7(8)5-12-9(10(6)13)11(14)15/h2-5,13H,1H3,(H,14,15). The summed E-state index contributed by atoms with van der Waals surface area (Å²) in [5, 5.41) is 19.5. The maximum absolute atomic E-state index is 10.8. The molecule has 2 aromatic rings. The molecular formula is C11H9NO4. The van der Waals surface area contributed by atoms with Gasteiger partial charge in [-0.2, -0.15) is 0 Å². The average molecular weight is 219 g/mol. The number of pyridine rings is 1. The number of aromatic hydroxyl groups is 1. The van der Waals surface area contributed by atoms with Gasteiger partial charge in [0.1, 0.15) is 5.75 Å². The molecule has 0 aliphatic carbocycles. The quantitative estimate of drug-likeness (QED) is 0.802. The lowest BCUT2D eigenvalue weighted by Crippen LogP contribution is -2.00. The van der Waals surface area contributed by atoms with E-state index in [1.165, 1.54) is 13.3 Å². The molecule has 0 spiro atoms. The Labute approximate surface area is 90.9 Å². The molecule has 16 heavy (non-hydrogen) atoms. The molecule has 2 rings (SSSR count). The largest absolute Gasteiger partial charge is 0.505 e. The van der Waals surface area contributed by atoms with Crippen LogP contribution in [0.4, 0.5) is 0 Å². The molecular weight excluding hydrogens is 210 g/mol. The highest BCUT2D eigenvalue weighted by atomic mass is 16.5. The Balaban J connectivity index is 2.81. The molecule has 0 atom stereocenters. The van der Waals surface area contributed by atoms with Gasteiger partial charge in [-0.25, -0.2) is 9.78 Å². The van der Waals surface area contributed by atoms with E-state index in [2.05, 4.69) is 4.98 Å². The lowest BCUT2D eigenvalue weighted by Gasteiger charge is -2.07. The van der Waals surface area contributed by atoms with Crippen molar-refractivity contribution in [1.29, 1.82) is 0 Å². The van der Waals surface area contributed by atoms with Crippen LogP contribution in [0.15, 0.2) is 24.4 Å². The summed E-state index contributed by atoms with van der Waals surface area (Å²) in [4.78, 5) is 14.5. The van der Waals surface area contributed by atoms with E-state index in [-0.39, 0.29) is 11.4 Å². The minimum Gasteiger partial charge on any atom is -0.505 e. The van der Waals surface area contributed by atoms with Crippen LogP contribution in [0, 0.1) is 0 Å². The first-order valence-electron chi connectivity index (χ1n) is 4.53. The number of ether oxygens (including phenoxy) is 1. The van der Waals surface area contributed by atoms with Crippen LogP contribution in [-0.4, -0.2) is 28.3 Å². The summed E-state index contributed by atoms with van der Waals surface area (Å²) in [6.45, 7) is 0. The highest BCUT2D eigenvalue weighted by Crippen LogP contribution is 2.32. The van der Waals surface area contributed by atoms with Crippen LogP contribution in [0.3, 0.4) is 0 Å². The summed E-state index contributed by atoms with van der Waals surface area (Å²) in [6.07, 6.45) is 1.37. The Morgan fingerprint density at radius 2 is 2.12 bits per heavy atom. The maximum atomic E-state index is 10.8. The van der Waals surface area contributed by atoms with Crippen molar-refractivity contribution in [3.8, 4) is 11.5 Å². The van der Waals surface area contributed by atoms with Crippen molar-refractivity contribution in [2.75, 3.05) is 7.11 Å². The molecule has 1 heterocycles. The molecule has 0 radical (unpaired) electrons. The smallest absolute Gasteiger partial charge is 0.358 e. The summed E-state index contributed by atoms with van der Waals surface area (Å²) >= 11 is 0. The van der Waals surface area contributed by atoms with Crippen molar-refractivity contribution in [1.82, 2.24) is 4.98 Å². The van der Waals surface area contributed by atoms with Crippen LogP contribution < -0.4 is 4.74 Å². The highest BCUT2D eigenvalue weighted by molar-refractivity contribution is 6.00. The van der Waals surface area contributed by atoms with E-state index in [9.17, 15) is 9.90 Å². The van der Waals surface area contributed by atoms with Crippen molar-refractivity contribution >= 4 is 16.7 Å². The van der Waals surface area contributed by atoms with E-state index < -0.39 is 5.97 Å². The fourth-order valence-electron chi connectivity index (χ4n) is 1.54. The van der Waals surface area contributed by atoms with Crippen LogP contribution in [0.25, 0.3) is 10.8 Å². The van der Waals surface area contributed by atoms with Gasteiger partial charge in [0, 0.05) is 17.0 Å². The molecule has 0 fully saturated rings. The predicted octanol–water partition coefficient (Wildman–Crippen LogP) is 1.65. The first-order chi connectivity index (χ1) is 7.65. The van der Waals surface area contributed by atoms with Gasteiger partial charge in [0.2, 0.25) is 0 Å². The molecule has 2 N–H and O–H groups in total. The third-order valence-electron chi connectivity index (χ3n) is 2.29. The molecule has 82 valence electrons. The number of aromatic carboxylic acids is 1. The molecule has 5 nitrogen and oxygen atoms in total. The number of fused-ring (bicyclic) bond motifs is 1. The zero-order chi connectivity index (χ0) is 11.7. The van der Waals surface area contributed by atoms with Gasteiger partial charge >= 0.3 is 5.97 Å². The number of carbonyl (C=O) groups is 1. The minimum absolute atomic E-state index is 0.344. The molecule has 5 heteroatoms. The molecule has 0 aliphatic heterocycles. The van der Waals surface area contributed by atoms with Crippen LogP contribution in [0.1, 0.15) is 10.5 Å². The average Bonchev–Trinajstić information content (AvgIpc) is 2.28. The molecule has 0 saturated heterocycles. The SMILES string of the molecule is COc1cccc2c(O)c(C(=O)O)ncc12. The molecule has 1 aromatic heterocycles. The first-order valence-corrected chi connectivity index (χ1v) is 4.53. The number of benzene rings is 1. The number of methoxy groups -OCH3 is 1. The molecule has 1 aromatic carbocycles. The number of rotatable bonds is 2. The number of hydrogen-bond donors (Lipinski definition) is 2. The Kier molecular flexibility index (Phi) is 2.36. The van der Waals surface area contributed by atoms with Gasteiger partial charge < -0.3 is 14.9 Å². The molecule has 0 saturated carbocycles. The van der Waals surface area contributed by atoms with Crippen molar-refractivity contribution in [2.24, 2.45) is 0 Å². The maximum Gasteiger partial charge on any atom is 0.358 e. The van der Waals surface area contributed by atoms with Gasteiger partial charge in [-0.1, -0.05) is 12.1 Å². The molecule has 0 bridgehead atoms. The third kappa shape index (κ3) is 1.42. The zero-order valence-electron chi connectivity index (χ0n) is 8.47. The van der Waals surface area contributed by atoms with E-state index >= 15 is 0 Å². The molecule has 0 amide bonds. The number of nitrogens with zero attached hydrogens (tertiary/aromatic N) is 1. The fraction of sp³-hybridized carbons (Fsp3) is 0.0909. The van der Waals surface area contributed by atoms with Gasteiger partial charge in [-0.05, 0) is 6.07 Å². The topological polar surface area (TPSA) is 79.7 Å². The Morgan fingerprint density at radius 1 is 1.38 bits per heavy atom. The fourth-order valence-corrected chi connectivity index (χ4v) is 1.54. The summed E-state index contributed by atoms with van der Waals surface area (Å²) in [6, 6.07) is 5.00. The summed E-state index contributed by atoms with van der Waals surface area (Å²) < 4.78 is 5.08. The number of hydrogen-bond acceptors (Lipinski definition) is 4. The summed E-state index contributed by atoms with van der Waals surface area (Å²) in [7, 11) is 1.50. The second-order valence-corrected chi connectivity index (χ2v) is 3.18. The third-order valence-corrected chi connectivity index (χ3v) is 2.29. The van der Waals surface area contributed by atoms with E-state index in [1.54, 1.807) is 18.2 Å². The molecule has 0 aliphatic rings. The minimum atomic E-state index is -1.26. The van der Waals surface area contributed by atoms with Crippen LogP contribution in [0.5, 0.6) is 11.5 Å². The van der Waals surface area contributed by atoms with Crippen molar-refractivity contribution in [3.63, 3.8) is 0 Å². The van der Waals surface area contributed by atoms with Crippen LogP contribution in [0.2, 0.25) is 0 Å². The lowest BCUT2D eigenvalue weighted by molar-refractivity contribution is 0.0687. The van der Waals surface area contributed by atoms with E-state index in [0.717, 1.165) is 0 Å². The Hall–Kier alpha value is -2.30. The van der Waals surface area contributed by atoms with Crippen molar-refractivity contribution in [2.45, 2.75) is 0 Å². The number of carboxylic acid groups (broad SMARTS) is 1.